The highest BCUT2D eigenvalue weighted by Crippen LogP contribution is 2.23. The van der Waals surface area contributed by atoms with Crippen LogP contribution in [0.25, 0.3) is 0 Å². The molecule has 1 nitrogen and oxygen atoms in total. The molecule has 10 heavy (non-hydrogen) atoms. The van der Waals surface area contributed by atoms with E-state index in [4.69, 9.17) is 4.74 Å². The third-order valence-corrected chi connectivity index (χ3v) is 4.05. The second-order valence-electron chi connectivity index (χ2n) is 3.29. The van der Waals surface area contributed by atoms with Crippen LogP contribution in [0.3, 0.4) is 0 Å². The molecule has 0 aromatic heterocycles. The molecule has 60 valence electrons. The van der Waals surface area contributed by atoms with Crippen LogP contribution in [0.4, 0.5) is 0 Å². The minimum absolute atomic E-state index is 0.630. The maximum atomic E-state index is 5.67. The van der Waals surface area contributed by atoms with E-state index in [0.29, 0.717) is 6.10 Å². The standard InChI is InChI=1S/C8H18OSi/c1-2-8(10)7-5-3-4-6-9-7/h7-8H,2-6H2,1,10H3. The summed E-state index contributed by atoms with van der Waals surface area (Å²) in [6.07, 6.45) is 5.95. The summed E-state index contributed by atoms with van der Waals surface area (Å²) in [6, 6.07) is 0. The molecule has 0 aliphatic carbocycles. The quantitative estimate of drug-likeness (QED) is 0.547. The van der Waals surface area contributed by atoms with Crippen LogP contribution < -0.4 is 0 Å². The first-order valence-corrected chi connectivity index (χ1v) is 5.61. The van der Waals surface area contributed by atoms with Crippen molar-refractivity contribution >= 4 is 10.2 Å². The molecule has 0 saturated carbocycles. The summed E-state index contributed by atoms with van der Waals surface area (Å²) >= 11 is 0. The first-order chi connectivity index (χ1) is 4.84. The molecule has 1 saturated heterocycles. The lowest BCUT2D eigenvalue weighted by Crippen LogP contribution is -2.23. The largest absolute Gasteiger partial charge is 0.378 e. The number of ether oxygens (including phenoxy) is 1. The van der Waals surface area contributed by atoms with Crippen molar-refractivity contribution in [1.82, 2.24) is 0 Å². The lowest BCUT2D eigenvalue weighted by Gasteiger charge is -2.27. The van der Waals surface area contributed by atoms with Crippen molar-refractivity contribution in [1.29, 1.82) is 0 Å². The van der Waals surface area contributed by atoms with Gasteiger partial charge in [0.05, 0.1) is 6.10 Å². The molecule has 2 heteroatoms. The molecular weight excluding hydrogens is 140 g/mol. The van der Waals surface area contributed by atoms with Crippen LogP contribution in [0.1, 0.15) is 32.6 Å². The van der Waals surface area contributed by atoms with E-state index in [-0.39, 0.29) is 0 Å². The third kappa shape index (κ3) is 2.10. The second kappa shape index (κ2) is 4.14. The Morgan fingerprint density at radius 1 is 1.60 bits per heavy atom. The normalized spacial score (nSPS) is 30.3. The number of hydrogen-bond donors (Lipinski definition) is 0. The molecule has 0 aromatic rings. The molecule has 0 bridgehead atoms. The van der Waals surface area contributed by atoms with Crippen LogP contribution in [0.2, 0.25) is 5.54 Å². The molecule has 2 unspecified atom stereocenters. The summed E-state index contributed by atoms with van der Waals surface area (Å²) in [6.45, 7) is 3.29. The van der Waals surface area contributed by atoms with Gasteiger partial charge in [-0.25, -0.2) is 0 Å². The van der Waals surface area contributed by atoms with Crippen molar-refractivity contribution < 1.29 is 4.74 Å². The van der Waals surface area contributed by atoms with E-state index < -0.39 is 0 Å². The molecule has 1 fully saturated rings. The summed E-state index contributed by atoms with van der Waals surface area (Å²) in [5.41, 5.74) is 0.903. The van der Waals surface area contributed by atoms with E-state index in [9.17, 15) is 0 Å². The average Bonchev–Trinajstić information content (AvgIpc) is 2.05. The summed E-state index contributed by atoms with van der Waals surface area (Å²) in [5.74, 6) is 0. The van der Waals surface area contributed by atoms with Crippen LogP contribution in [0.15, 0.2) is 0 Å². The van der Waals surface area contributed by atoms with Gasteiger partial charge in [0.1, 0.15) is 0 Å². The molecule has 1 heterocycles. The van der Waals surface area contributed by atoms with Gasteiger partial charge in [-0.2, -0.15) is 0 Å². The third-order valence-electron chi connectivity index (χ3n) is 2.49. The Kier molecular flexibility index (Phi) is 3.42. The maximum absolute atomic E-state index is 5.67. The van der Waals surface area contributed by atoms with Gasteiger partial charge < -0.3 is 4.74 Å². The van der Waals surface area contributed by atoms with Crippen molar-refractivity contribution in [3.63, 3.8) is 0 Å². The van der Waals surface area contributed by atoms with Crippen molar-refractivity contribution in [3.05, 3.63) is 0 Å². The van der Waals surface area contributed by atoms with Crippen LogP contribution in [0, 0.1) is 0 Å². The van der Waals surface area contributed by atoms with E-state index in [1.165, 1.54) is 35.9 Å². The minimum atomic E-state index is 0.630. The number of hydrogen-bond acceptors (Lipinski definition) is 1. The zero-order valence-corrected chi connectivity index (χ0v) is 9.10. The maximum Gasteiger partial charge on any atom is 0.0571 e. The molecule has 0 radical (unpaired) electrons. The fourth-order valence-electron chi connectivity index (χ4n) is 1.48. The van der Waals surface area contributed by atoms with Gasteiger partial charge in [0.2, 0.25) is 0 Å². The summed E-state index contributed by atoms with van der Waals surface area (Å²) in [4.78, 5) is 0. The van der Waals surface area contributed by atoms with Gasteiger partial charge in [-0.3, -0.25) is 0 Å². The van der Waals surface area contributed by atoms with Gasteiger partial charge in [0, 0.05) is 16.8 Å². The Morgan fingerprint density at radius 2 is 2.40 bits per heavy atom. The van der Waals surface area contributed by atoms with Crippen molar-refractivity contribution in [2.24, 2.45) is 0 Å². The predicted molar refractivity (Wildman–Crippen MR) is 47.6 cm³/mol. The van der Waals surface area contributed by atoms with Crippen LogP contribution in [0.5, 0.6) is 0 Å². The Morgan fingerprint density at radius 3 is 2.90 bits per heavy atom. The van der Waals surface area contributed by atoms with E-state index in [1.54, 1.807) is 0 Å². The zero-order valence-electron chi connectivity index (χ0n) is 7.10. The molecule has 0 spiro atoms. The van der Waals surface area contributed by atoms with Crippen molar-refractivity contribution in [3.8, 4) is 0 Å². The lowest BCUT2D eigenvalue weighted by molar-refractivity contribution is 0.0116. The Labute approximate surface area is 66.6 Å². The fourth-order valence-corrected chi connectivity index (χ4v) is 2.00. The summed E-state index contributed by atoms with van der Waals surface area (Å²) in [7, 11) is 1.31. The molecule has 0 N–H and O–H groups in total. The molecule has 2 atom stereocenters. The van der Waals surface area contributed by atoms with E-state index in [0.717, 1.165) is 12.1 Å². The Bertz CT molecular complexity index is 89.3. The van der Waals surface area contributed by atoms with Gasteiger partial charge in [0.25, 0.3) is 0 Å². The van der Waals surface area contributed by atoms with Crippen LogP contribution in [-0.4, -0.2) is 23.0 Å². The fraction of sp³-hybridized carbons (Fsp3) is 1.00. The highest BCUT2D eigenvalue weighted by atomic mass is 28.1. The molecule has 1 aliphatic heterocycles. The topological polar surface area (TPSA) is 9.23 Å². The molecule has 1 rings (SSSR count). The second-order valence-corrected chi connectivity index (χ2v) is 4.77. The SMILES string of the molecule is CCC([SiH3])C1CCCCO1. The Balaban J connectivity index is 2.24. The smallest absolute Gasteiger partial charge is 0.0571 e. The highest BCUT2D eigenvalue weighted by molar-refractivity contribution is 6.12. The molecule has 1 aliphatic rings. The first kappa shape index (κ1) is 8.28. The monoisotopic (exact) mass is 158 g/mol. The molecule has 0 amide bonds. The first-order valence-electron chi connectivity index (χ1n) is 4.46. The van der Waals surface area contributed by atoms with Crippen molar-refractivity contribution in [2.45, 2.75) is 44.3 Å². The van der Waals surface area contributed by atoms with E-state index >= 15 is 0 Å². The van der Waals surface area contributed by atoms with Gasteiger partial charge in [-0.1, -0.05) is 13.3 Å². The highest BCUT2D eigenvalue weighted by Gasteiger charge is 2.18. The summed E-state index contributed by atoms with van der Waals surface area (Å²) < 4.78 is 5.67. The van der Waals surface area contributed by atoms with E-state index in [1.807, 2.05) is 0 Å². The zero-order chi connectivity index (χ0) is 7.40. The predicted octanol–water partition coefficient (Wildman–Crippen LogP) is 1.12. The molecule has 0 aromatic carbocycles. The van der Waals surface area contributed by atoms with Gasteiger partial charge in [-0.05, 0) is 24.8 Å². The lowest BCUT2D eigenvalue weighted by atomic mass is 10.0. The Hall–Kier alpha value is 0.177. The number of rotatable bonds is 2. The van der Waals surface area contributed by atoms with Gasteiger partial charge in [-0.15, -0.1) is 0 Å². The van der Waals surface area contributed by atoms with Crippen molar-refractivity contribution in [2.75, 3.05) is 6.61 Å². The van der Waals surface area contributed by atoms with Gasteiger partial charge in [0.15, 0.2) is 0 Å². The minimum Gasteiger partial charge on any atom is -0.378 e. The van der Waals surface area contributed by atoms with Crippen LogP contribution in [-0.2, 0) is 4.74 Å². The molecular formula is C8H18OSi. The van der Waals surface area contributed by atoms with Crippen LogP contribution >= 0.6 is 0 Å². The van der Waals surface area contributed by atoms with E-state index in [2.05, 4.69) is 6.92 Å². The average molecular weight is 158 g/mol. The van der Waals surface area contributed by atoms with Gasteiger partial charge >= 0.3 is 0 Å². The summed E-state index contributed by atoms with van der Waals surface area (Å²) in [5, 5.41) is 0.